The van der Waals surface area contributed by atoms with Crippen LogP contribution in [0.5, 0.6) is 11.5 Å². The van der Waals surface area contributed by atoms with Gasteiger partial charge in [0.1, 0.15) is 5.15 Å². The Labute approximate surface area is 156 Å². The Kier molecular flexibility index (Phi) is 5.09. The molecule has 0 atom stereocenters. The molecule has 0 radical (unpaired) electrons. The van der Waals surface area contributed by atoms with Crippen LogP contribution in [0.25, 0.3) is 11.8 Å². The van der Waals surface area contributed by atoms with Crippen LogP contribution >= 0.6 is 11.6 Å². The predicted molar refractivity (Wildman–Crippen MR) is 101 cm³/mol. The largest absolute Gasteiger partial charge is 0.504 e. The number of benzene rings is 2. The molecule has 3 rings (SSSR count). The molecule has 0 aliphatic carbocycles. The molecule has 0 spiro atoms. The fraction of sp³-hybridized carbons (Fsp3) is 0.100. The summed E-state index contributed by atoms with van der Waals surface area (Å²) in [7, 11) is 1.43. The number of carbonyl (C=O) groups is 1. The van der Waals surface area contributed by atoms with E-state index in [4.69, 9.17) is 16.3 Å². The van der Waals surface area contributed by atoms with Gasteiger partial charge in [-0.3, -0.25) is 4.79 Å². The fourth-order valence-electron chi connectivity index (χ4n) is 2.53. The topological polar surface area (TPSA) is 64.3 Å². The second kappa shape index (κ2) is 7.45. The van der Waals surface area contributed by atoms with E-state index in [0.29, 0.717) is 22.0 Å². The first-order valence-electron chi connectivity index (χ1n) is 7.91. The molecular weight excluding hydrogens is 352 g/mol. The maximum Gasteiger partial charge on any atom is 0.185 e. The number of ether oxygens (including phenoxy) is 1. The Bertz CT molecular complexity index is 978. The van der Waals surface area contributed by atoms with Gasteiger partial charge < -0.3 is 9.84 Å². The lowest BCUT2D eigenvalue weighted by Crippen LogP contribution is -1.96. The first kappa shape index (κ1) is 17.8. The summed E-state index contributed by atoms with van der Waals surface area (Å²) in [4.78, 5) is 12.4. The number of ketones is 1. The molecule has 0 saturated carbocycles. The maximum absolute atomic E-state index is 12.4. The molecule has 0 bridgehead atoms. The molecule has 0 amide bonds. The van der Waals surface area contributed by atoms with Crippen molar-refractivity contribution in [1.82, 2.24) is 9.78 Å². The van der Waals surface area contributed by atoms with Crippen molar-refractivity contribution in [2.24, 2.45) is 0 Å². The standard InChI is InChI=1S/C20H17ClN2O3/c1-13-16(20(21)23(22-13)15-6-4-3-5-7-15)9-11-17(24)14-8-10-18(25)19(12-14)26-2/h3-12,25H,1-2H3/b11-9+. The smallest absolute Gasteiger partial charge is 0.185 e. The van der Waals surface area contributed by atoms with Gasteiger partial charge in [0.15, 0.2) is 17.3 Å². The second-order valence-electron chi connectivity index (χ2n) is 5.62. The van der Waals surface area contributed by atoms with Crippen molar-refractivity contribution in [2.75, 3.05) is 7.11 Å². The van der Waals surface area contributed by atoms with Crippen LogP contribution in [-0.4, -0.2) is 27.8 Å². The van der Waals surface area contributed by atoms with E-state index in [2.05, 4.69) is 5.10 Å². The van der Waals surface area contributed by atoms with Gasteiger partial charge in [0.05, 0.1) is 18.5 Å². The van der Waals surface area contributed by atoms with E-state index in [0.717, 1.165) is 5.69 Å². The Morgan fingerprint density at radius 2 is 1.96 bits per heavy atom. The summed E-state index contributed by atoms with van der Waals surface area (Å²) in [6, 6.07) is 14.0. The van der Waals surface area contributed by atoms with Crippen LogP contribution in [0.4, 0.5) is 0 Å². The van der Waals surface area contributed by atoms with Crippen LogP contribution in [0.1, 0.15) is 21.6 Å². The van der Waals surface area contributed by atoms with Crippen molar-refractivity contribution in [3.63, 3.8) is 0 Å². The minimum absolute atomic E-state index is 0.0175. The average Bonchev–Trinajstić information content (AvgIpc) is 2.94. The number of halogens is 1. The van der Waals surface area contributed by atoms with Crippen molar-refractivity contribution >= 4 is 23.5 Å². The Balaban J connectivity index is 1.89. The summed E-state index contributed by atoms with van der Waals surface area (Å²) in [5.74, 6) is -0.00218. The number of carbonyl (C=O) groups excluding carboxylic acids is 1. The summed E-state index contributed by atoms with van der Waals surface area (Å²) in [6.45, 7) is 1.83. The quantitative estimate of drug-likeness (QED) is 0.534. The molecule has 0 aliphatic rings. The van der Waals surface area contributed by atoms with Gasteiger partial charge in [-0.05, 0) is 49.4 Å². The molecule has 1 heterocycles. The number of methoxy groups -OCH3 is 1. The van der Waals surface area contributed by atoms with Crippen molar-refractivity contribution in [3.05, 3.63) is 76.6 Å². The zero-order valence-corrected chi connectivity index (χ0v) is 15.1. The number of aromatic nitrogens is 2. The molecule has 0 aliphatic heterocycles. The Morgan fingerprint density at radius 3 is 2.65 bits per heavy atom. The highest BCUT2D eigenvalue weighted by Crippen LogP contribution is 2.27. The average molecular weight is 369 g/mol. The molecule has 0 fully saturated rings. The number of allylic oxidation sites excluding steroid dienone is 1. The maximum atomic E-state index is 12.4. The summed E-state index contributed by atoms with van der Waals surface area (Å²) in [5.41, 5.74) is 2.63. The molecule has 6 heteroatoms. The van der Waals surface area contributed by atoms with Crippen molar-refractivity contribution in [2.45, 2.75) is 6.92 Å². The highest BCUT2D eigenvalue weighted by molar-refractivity contribution is 6.31. The minimum Gasteiger partial charge on any atom is -0.504 e. The van der Waals surface area contributed by atoms with Crippen molar-refractivity contribution in [1.29, 1.82) is 0 Å². The number of phenols is 1. The molecule has 0 unspecified atom stereocenters. The first-order valence-corrected chi connectivity index (χ1v) is 8.29. The third-order valence-corrected chi connectivity index (χ3v) is 4.28. The van der Waals surface area contributed by atoms with Gasteiger partial charge in [-0.1, -0.05) is 29.8 Å². The molecule has 1 N–H and O–H groups in total. The normalized spacial score (nSPS) is 11.0. The van der Waals surface area contributed by atoms with E-state index in [1.165, 1.54) is 31.4 Å². The summed E-state index contributed by atoms with van der Waals surface area (Å²) < 4.78 is 6.66. The number of hydrogen-bond acceptors (Lipinski definition) is 4. The summed E-state index contributed by atoms with van der Waals surface area (Å²) in [6.07, 6.45) is 3.07. The van der Waals surface area contributed by atoms with Crippen LogP contribution in [0, 0.1) is 6.92 Å². The molecule has 132 valence electrons. The van der Waals surface area contributed by atoms with Crippen LogP contribution < -0.4 is 4.74 Å². The zero-order valence-electron chi connectivity index (χ0n) is 14.3. The number of phenolic OH excluding ortho intramolecular Hbond substituents is 1. The fourth-order valence-corrected chi connectivity index (χ4v) is 2.86. The third kappa shape index (κ3) is 3.48. The molecule has 2 aromatic carbocycles. The number of nitrogens with zero attached hydrogens (tertiary/aromatic N) is 2. The van der Waals surface area contributed by atoms with Gasteiger partial charge in [0.25, 0.3) is 0 Å². The van der Waals surface area contributed by atoms with E-state index in [-0.39, 0.29) is 17.3 Å². The van der Waals surface area contributed by atoms with E-state index >= 15 is 0 Å². The predicted octanol–water partition coefficient (Wildman–Crippen LogP) is 4.44. The summed E-state index contributed by atoms with van der Waals surface area (Å²) >= 11 is 6.45. The van der Waals surface area contributed by atoms with Crippen LogP contribution in [0.3, 0.4) is 0 Å². The van der Waals surface area contributed by atoms with Crippen LogP contribution in [0.15, 0.2) is 54.6 Å². The van der Waals surface area contributed by atoms with Crippen LogP contribution in [-0.2, 0) is 0 Å². The van der Waals surface area contributed by atoms with Gasteiger partial charge in [0.2, 0.25) is 0 Å². The minimum atomic E-state index is -0.230. The van der Waals surface area contributed by atoms with Gasteiger partial charge in [0, 0.05) is 11.1 Å². The SMILES string of the molecule is COc1cc(C(=O)/C=C/c2c(C)nn(-c3ccccc3)c2Cl)ccc1O. The zero-order chi connectivity index (χ0) is 18.7. The van der Waals surface area contributed by atoms with E-state index in [1.807, 2.05) is 37.3 Å². The molecule has 3 aromatic rings. The van der Waals surface area contributed by atoms with Crippen molar-refractivity contribution in [3.8, 4) is 17.2 Å². The molecule has 1 aromatic heterocycles. The molecule has 0 saturated heterocycles. The second-order valence-corrected chi connectivity index (χ2v) is 5.98. The van der Waals surface area contributed by atoms with Crippen LogP contribution in [0.2, 0.25) is 5.15 Å². The highest BCUT2D eigenvalue weighted by atomic mass is 35.5. The number of aromatic hydroxyl groups is 1. The lowest BCUT2D eigenvalue weighted by Gasteiger charge is -2.04. The lowest BCUT2D eigenvalue weighted by molar-refractivity contribution is 0.104. The number of para-hydroxylation sites is 1. The van der Waals surface area contributed by atoms with Gasteiger partial charge in [-0.2, -0.15) is 5.10 Å². The highest BCUT2D eigenvalue weighted by Gasteiger charge is 2.13. The molecular formula is C20H17ClN2O3. The number of aryl methyl sites for hydroxylation is 1. The molecule has 26 heavy (non-hydrogen) atoms. The monoisotopic (exact) mass is 368 g/mol. The summed E-state index contributed by atoms with van der Waals surface area (Å²) in [5, 5.41) is 14.5. The van der Waals surface area contributed by atoms with Gasteiger partial charge >= 0.3 is 0 Å². The van der Waals surface area contributed by atoms with E-state index in [1.54, 1.807) is 10.8 Å². The van der Waals surface area contributed by atoms with Gasteiger partial charge in [-0.15, -0.1) is 0 Å². The Morgan fingerprint density at radius 1 is 1.23 bits per heavy atom. The third-order valence-electron chi connectivity index (χ3n) is 3.91. The van der Waals surface area contributed by atoms with Gasteiger partial charge in [-0.25, -0.2) is 4.68 Å². The number of hydrogen-bond donors (Lipinski definition) is 1. The Hall–Kier alpha value is -3.05. The first-order chi connectivity index (χ1) is 12.5. The lowest BCUT2D eigenvalue weighted by atomic mass is 10.1. The molecule has 5 nitrogen and oxygen atoms in total. The van der Waals surface area contributed by atoms with E-state index in [9.17, 15) is 9.90 Å². The van der Waals surface area contributed by atoms with E-state index < -0.39 is 0 Å². The number of rotatable bonds is 5. The van der Waals surface area contributed by atoms with Crippen molar-refractivity contribution < 1.29 is 14.6 Å².